The molecule has 5 heteroatoms. The van der Waals surface area contributed by atoms with E-state index < -0.39 is 16.5 Å². The zero-order valence-electron chi connectivity index (χ0n) is 7.64. The summed E-state index contributed by atoms with van der Waals surface area (Å²) in [6, 6.07) is 7.48. The normalized spacial score (nSPS) is 25.1. The highest BCUT2D eigenvalue weighted by Gasteiger charge is 2.31. The SMILES string of the molecule is Cc1ccccc1[C@@H]1COS(=O)(=O)O1. The summed E-state index contributed by atoms with van der Waals surface area (Å²) in [4.78, 5) is 0. The van der Waals surface area contributed by atoms with E-state index in [1.165, 1.54) is 0 Å². The monoisotopic (exact) mass is 214 g/mol. The van der Waals surface area contributed by atoms with E-state index in [0.717, 1.165) is 11.1 Å². The van der Waals surface area contributed by atoms with Crippen LogP contribution in [-0.4, -0.2) is 15.0 Å². The van der Waals surface area contributed by atoms with E-state index in [9.17, 15) is 8.42 Å². The van der Waals surface area contributed by atoms with Crippen molar-refractivity contribution < 1.29 is 16.8 Å². The maximum Gasteiger partial charge on any atom is 0.400 e. The molecule has 2 rings (SSSR count). The van der Waals surface area contributed by atoms with Gasteiger partial charge in [-0.2, -0.15) is 8.42 Å². The number of benzene rings is 1. The second-order valence-corrected chi connectivity index (χ2v) is 4.38. The molecule has 0 radical (unpaired) electrons. The van der Waals surface area contributed by atoms with E-state index in [0.29, 0.717) is 0 Å². The molecular formula is C9H10O4S. The first-order chi connectivity index (χ1) is 6.58. The average Bonchev–Trinajstić information content (AvgIpc) is 2.47. The maximum atomic E-state index is 10.9. The van der Waals surface area contributed by atoms with Gasteiger partial charge in [-0.25, -0.2) is 8.37 Å². The Balaban J connectivity index is 2.30. The number of rotatable bonds is 1. The van der Waals surface area contributed by atoms with E-state index in [1.807, 2.05) is 31.2 Å². The van der Waals surface area contributed by atoms with Crippen molar-refractivity contribution in [1.29, 1.82) is 0 Å². The van der Waals surface area contributed by atoms with Gasteiger partial charge in [-0.15, -0.1) is 0 Å². The Kier molecular flexibility index (Phi) is 2.30. The molecule has 1 saturated heterocycles. The molecule has 1 aromatic carbocycles. The molecule has 0 aliphatic carbocycles. The molecule has 0 spiro atoms. The summed E-state index contributed by atoms with van der Waals surface area (Å²) in [5.41, 5.74) is 1.85. The van der Waals surface area contributed by atoms with E-state index in [-0.39, 0.29) is 6.61 Å². The summed E-state index contributed by atoms with van der Waals surface area (Å²) in [7, 11) is -3.76. The molecule has 1 heterocycles. The van der Waals surface area contributed by atoms with Crippen LogP contribution in [0.1, 0.15) is 17.2 Å². The fraction of sp³-hybridized carbons (Fsp3) is 0.333. The summed E-state index contributed by atoms with van der Waals surface area (Å²) >= 11 is 0. The van der Waals surface area contributed by atoms with Crippen LogP contribution >= 0.6 is 0 Å². The Morgan fingerprint density at radius 2 is 2.07 bits per heavy atom. The lowest BCUT2D eigenvalue weighted by Crippen LogP contribution is -2.02. The van der Waals surface area contributed by atoms with Crippen LogP contribution in [0.2, 0.25) is 0 Å². The molecule has 1 aromatic rings. The van der Waals surface area contributed by atoms with Crippen molar-refractivity contribution in [1.82, 2.24) is 0 Å². The second-order valence-electron chi connectivity index (χ2n) is 3.13. The number of aryl methyl sites for hydroxylation is 1. The molecule has 76 valence electrons. The molecule has 1 fully saturated rings. The summed E-state index contributed by atoms with van der Waals surface area (Å²) in [5, 5.41) is 0. The molecule has 1 atom stereocenters. The molecule has 0 aromatic heterocycles. The van der Waals surface area contributed by atoms with Gasteiger partial charge in [-0.05, 0) is 18.1 Å². The van der Waals surface area contributed by atoms with Crippen LogP contribution in [0.25, 0.3) is 0 Å². The van der Waals surface area contributed by atoms with E-state index in [1.54, 1.807) is 0 Å². The van der Waals surface area contributed by atoms with Gasteiger partial charge in [-0.1, -0.05) is 24.3 Å². The fourth-order valence-electron chi connectivity index (χ4n) is 1.43. The van der Waals surface area contributed by atoms with Crippen molar-refractivity contribution in [3.8, 4) is 0 Å². The second kappa shape index (κ2) is 3.34. The minimum absolute atomic E-state index is 0.0627. The highest BCUT2D eigenvalue weighted by atomic mass is 32.3. The van der Waals surface area contributed by atoms with Crippen molar-refractivity contribution in [3.05, 3.63) is 35.4 Å². The minimum atomic E-state index is -3.76. The summed E-state index contributed by atoms with van der Waals surface area (Å²) in [6.45, 7) is 1.97. The van der Waals surface area contributed by atoms with Gasteiger partial charge < -0.3 is 0 Å². The van der Waals surface area contributed by atoms with Gasteiger partial charge in [0.2, 0.25) is 0 Å². The largest absolute Gasteiger partial charge is 0.400 e. The third-order valence-corrected chi connectivity index (χ3v) is 3.03. The van der Waals surface area contributed by atoms with Crippen LogP contribution in [0, 0.1) is 6.92 Å². The lowest BCUT2D eigenvalue weighted by atomic mass is 10.0. The van der Waals surface area contributed by atoms with E-state index in [4.69, 9.17) is 4.18 Å². The molecule has 14 heavy (non-hydrogen) atoms. The molecule has 0 amide bonds. The van der Waals surface area contributed by atoms with Gasteiger partial charge in [0, 0.05) is 0 Å². The molecule has 4 nitrogen and oxygen atoms in total. The Hall–Kier alpha value is -0.910. The van der Waals surface area contributed by atoms with Crippen LogP contribution in [-0.2, 0) is 18.8 Å². The van der Waals surface area contributed by atoms with Crippen LogP contribution in [0.15, 0.2) is 24.3 Å². The Morgan fingerprint density at radius 1 is 1.36 bits per heavy atom. The predicted molar refractivity (Wildman–Crippen MR) is 49.9 cm³/mol. The predicted octanol–water partition coefficient (Wildman–Crippen LogP) is 1.33. The Morgan fingerprint density at radius 3 is 2.64 bits per heavy atom. The van der Waals surface area contributed by atoms with Crippen LogP contribution in [0.5, 0.6) is 0 Å². The minimum Gasteiger partial charge on any atom is -0.245 e. The van der Waals surface area contributed by atoms with E-state index in [2.05, 4.69) is 4.18 Å². The summed E-state index contributed by atoms with van der Waals surface area (Å²) in [6.07, 6.45) is -0.499. The highest BCUT2D eigenvalue weighted by molar-refractivity contribution is 7.82. The smallest absolute Gasteiger partial charge is 0.245 e. The highest BCUT2D eigenvalue weighted by Crippen LogP contribution is 2.29. The molecule has 0 bridgehead atoms. The van der Waals surface area contributed by atoms with Crippen LogP contribution in [0.4, 0.5) is 0 Å². The van der Waals surface area contributed by atoms with Crippen molar-refractivity contribution >= 4 is 10.4 Å². The zero-order chi connectivity index (χ0) is 10.2. The molecule has 0 saturated carbocycles. The quantitative estimate of drug-likeness (QED) is 0.707. The number of hydrogen-bond donors (Lipinski definition) is 0. The van der Waals surface area contributed by atoms with Crippen LogP contribution in [0.3, 0.4) is 0 Å². The first-order valence-corrected chi connectivity index (χ1v) is 5.55. The lowest BCUT2D eigenvalue weighted by molar-refractivity contribution is 0.241. The van der Waals surface area contributed by atoms with Crippen molar-refractivity contribution in [2.45, 2.75) is 13.0 Å². The standard InChI is InChI=1S/C9H10O4S/c1-7-4-2-3-5-8(7)9-6-12-14(10,11)13-9/h2-5,9H,6H2,1H3/t9-/m0/s1. The lowest BCUT2D eigenvalue weighted by Gasteiger charge is -2.08. The van der Waals surface area contributed by atoms with Gasteiger partial charge in [0.1, 0.15) is 12.7 Å². The van der Waals surface area contributed by atoms with Gasteiger partial charge in [0.25, 0.3) is 0 Å². The Bertz CT molecular complexity index is 438. The Labute approximate surface area is 82.8 Å². The maximum absolute atomic E-state index is 10.9. The van der Waals surface area contributed by atoms with Crippen LogP contribution < -0.4 is 0 Å². The van der Waals surface area contributed by atoms with Gasteiger partial charge in [0.05, 0.1) is 0 Å². The molecule has 0 unspecified atom stereocenters. The molecule has 1 aliphatic rings. The molecule has 1 aliphatic heterocycles. The summed E-state index contributed by atoms with van der Waals surface area (Å²) in [5.74, 6) is 0. The first-order valence-electron chi connectivity index (χ1n) is 4.22. The van der Waals surface area contributed by atoms with Crippen molar-refractivity contribution in [2.24, 2.45) is 0 Å². The van der Waals surface area contributed by atoms with E-state index >= 15 is 0 Å². The summed E-state index contributed by atoms with van der Waals surface area (Å²) < 4.78 is 31.0. The third kappa shape index (κ3) is 1.79. The molecule has 0 N–H and O–H groups in total. The zero-order valence-corrected chi connectivity index (χ0v) is 8.45. The topological polar surface area (TPSA) is 52.6 Å². The van der Waals surface area contributed by atoms with Gasteiger partial charge in [0.15, 0.2) is 0 Å². The third-order valence-electron chi connectivity index (χ3n) is 2.13. The van der Waals surface area contributed by atoms with Crippen molar-refractivity contribution in [2.75, 3.05) is 6.61 Å². The fourth-order valence-corrected chi connectivity index (χ4v) is 2.22. The van der Waals surface area contributed by atoms with Gasteiger partial charge >= 0.3 is 10.4 Å². The first kappa shape index (κ1) is 9.64. The average molecular weight is 214 g/mol. The van der Waals surface area contributed by atoms with Crippen molar-refractivity contribution in [3.63, 3.8) is 0 Å². The number of hydrogen-bond acceptors (Lipinski definition) is 4. The van der Waals surface area contributed by atoms with Gasteiger partial charge in [-0.3, -0.25) is 0 Å². The molecular weight excluding hydrogens is 204 g/mol.